The maximum Gasteiger partial charge on any atom is 0.266 e. The van der Waals surface area contributed by atoms with Gasteiger partial charge in [0.05, 0.1) is 0 Å². The second-order valence-corrected chi connectivity index (χ2v) is 10.1. The first-order valence-corrected chi connectivity index (χ1v) is 12.0. The Morgan fingerprint density at radius 3 is 1.67 bits per heavy atom. The number of halogens is 2. The fraction of sp³-hybridized carbons (Fsp3) is 0.643. The molecule has 0 unspecified atom stereocenters. The van der Waals surface area contributed by atoms with Gasteiger partial charge < -0.3 is 0 Å². The van der Waals surface area contributed by atoms with E-state index in [1.165, 1.54) is 71.9 Å². The molecular weight excluding hydrogens is 374 g/mol. The van der Waals surface area contributed by atoms with E-state index in [0.717, 1.165) is 30.8 Å². The standard InChI is InChI=1S/C28H40F2/c1-18-19(2)21(4)27(22(5)20(18)3)16-10-23-6-12-25(13-7-23)26-14-8-24(9-15-26)11-17-28(29)30/h10,16-17,23-26H,6-9,11-15H2,1-5H3. The highest BCUT2D eigenvalue weighted by molar-refractivity contribution is 5.63. The topological polar surface area (TPSA) is 0 Å². The van der Waals surface area contributed by atoms with Crippen LogP contribution in [0, 0.1) is 58.3 Å². The van der Waals surface area contributed by atoms with E-state index in [0.29, 0.717) is 18.3 Å². The van der Waals surface area contributed by atoms with Gasteiger partial charge in [-0.25, -0.2) is 0 Å². The predicted octanol–water partition coefficient (Wildman–Crippen LogP) is 9.03. The minimum atomic E-state index is -1.51. The fourth-order valence-electron chi connectivity index (χ4n) is 5.97. The molecule has 30 heavy (non-hydrogen) atoms. The van der Waals surface area contributed by atoms with E-state index < -0.39 is 6.08 Å². The SMILES string of the molecule is Cc1c(C)c(C)c(C=CC2CCC(C3CCC(CC=C(F)F)CC3)CC2)c(C)c1C. The number of hydrogen-bond acceptors (Lipinski definition) is 0. The van der Waals surface area contributed by atoms with Crippen LogP contribution in [0.2, 0.25) is 0 Å². The zero-order valence-electron chi connectivity index (χ0n) is 19.7. The Bertz CT molecular complexity index is 752. The van der Waals surface area contributed by atoms with Gasteiger partial charge in [-0.1, -0.05) is 12.2 Å². The Morgan fingerprint density at radius 1 is 0.700 bits per heavy atom. The molecule has 2 heteroatoms. The van der Waals surface area contributed by atoms with Crippen molar-refractivity contribution in [3.05, 3.63) is 51.6 Å². The summed E-state index contributed by atoms with van der Waals surface area (Å²) in [5.41, 5.74) is 8.58. The summed E-state index contributed by atoms with van der Waals surface area (Å²) in [5.74, 6) is 2.87. The summed E-state index contributed by atoms with van der Waals surface area (Å²) in [6, 6.07) is 0. The van der Waals surface area contributed by atoms with Gasteiger partial charge in [0.25, 0.3) is 6.08 Å². The lowest BCUT2D eigenvalue weighted by Gasteiger charge is -2.37. The summed E-state index contributed by atoms with van der Waals surface area (Å²) in [4.78, 5) is 0. The van der Waals surface area contributed by atoms with Crippen LogP contribution in [0.15, 0.2) is 18.2 Å². The van der Waals surface area contributed by atoms with Crippen LogP contribution < -0.4 is 0 Å². The molecule has 0 spiro atoms. The molecule has 0 saturated heterocycles. The van der Waals surface area contributed by atoms with Crippen LogP contribution in [0.1, 0.15) is 91.2 Å². The van der Waals surface area contributed by atoms with Crippen LogP contribution >= 0.6 is 0 Å². The average Bonchev–Trinajstić information content (AvgIpc) is 2.75. The Kier molecular flexibility index (Phi) is 7.93. The molecule has 1 aromatic rings. The third-order valence-corrected chi connectivity index (χ3v) is 8.57. The third kappa shape index (κ3) is 5.42. The molecule has 0 heterocycles. The molecule has 3 rings (SSSR count). The molecule has 0 atom stereocenters. The summed E-state index contributed by atoms with van der Waals surface area (Å²) in [6.45, 7) is 11.3. The molecule has 2 saturated carbocycles. The van der Waals surface area contributed by atoms with E-state index in [2.05, 4.69) is 46.8 Å². The largest absolute Gasteiger partial charge is 0.266 e. The molecule has 2 aliphatic carbocycles. The van der Waals surface area contributed by atoms with Crippen molar-refractivity contribution in [2.45, 2.75) is 92.4 Å². The molecule has 0 aromatic heterocycles. The molecule has 2 aliphatic rings. The smallest absolute Gasteiger partial charge is 0.174 e. The van der Waals surface area contributed by atoms with Gasteiger partial charge in [-0.2, -0.15) is 8.78 Å². The lowest BCUT2D eigenvalue weighted by Crippen LogP contribution is -2.25. The van der Waals surface area contributed by atoms with Gasteiger partial charge in [-0.3, -0.25) is 0 Å². The molecular formula is C28H40F2. The van der Waals surface area contributed by atoms with Crippen molar-refractivity contribution in [1.82, 2.24) is 0 Å². The molecule has 0 bridgehead atoms. The van der Waals surface area contributed by atoms with Gasteiger partial charge in [0.2, 0.25) is 0 Å². The molecule has 0 amide bonds. The minimum absolute atomic E-state index is 0.481. The quantitative estimate of drug-likeness (QED) is 0.451. The van der Waals surface area contributed by atoms with Crippen molar-refractivity contribution in [2.75, 3.05) is 0 Å². The third-order valence-electron chi connectivity index (χ3n) is 8.57. The van der Waals surface area contributed by atoms with E-state index in [-0.39, 0.29) is 0 Å². The van der Waals surface area contributed by atoms with Crippen molar-refractivity contribution in [3.8, 4) is 0 Å². The first-order valence-electron chi connectivity index (χ1n) is 12.0. The van der Waals surface area contributed by atoms with Gasteiger partial charge in [-0.05, 0) is 156 Å². The van der Waals surface area contributed by atoms with E-state index in [1.54, 1.807) is 0 Å². The monoisotopic (exact) mass is 414 g/mol. The van der Waals surface area contributed by atoms with Crippen molar-refractivity contribution < 1.29 is 8.78 Å². The summed E-state index contributed by atoms with van der Waals surface area (Å²) in [7, 11) is 0. The van der Waals surface area contributed by atoms with Crippen LogP contribution in [-0.4, -0.2) is 0 Å². The highest BCUT2D eigenvalue weighted by atomic mass is 19.3. The van der Waals surface area contributed by atoms with Crippen LogP contribution in [0.3, 0.4) is 0 Å². The Morgan fingerprint density at radius 2 is 1.17 bits per heavy atom. The first kappa shape index (κ1) is 23.2. The van der Waals surface area contributed by atoms with Gasteiger partial charge in [-0.15, -0.1) is 0 Å². The molecule has 0 radical (unpaired) electrons. The Hall–Kier alpha value is -1.44. The molecule has 166 valence electrons. The van der Waals surface area contributed by atoms with E-state index in [9.17, 15) is 8.78 Å². The number of benzene rings is 1. The number of hydrogen-bond donors (Lipinski definition) is 0. The molecule has 2 fully saturated rings. The Balaban J connectivity index is 1.52. The van der Waals surface area contributed by atoms with E-state index in [1.807, 2.05) is 0 Å². The second kappa shape index (κ2) is 10.2. The zero-order chi connectivity index (χ0) is 21.8. The number of rotatable bonds is 5. The van der Waals surface area contributed by atoms with Gasteiger partial charge in [0.15, 0.2) is 0 Å². The minimum Gasteiger partial charge on any atom is -0.174 e. The maximum atomic E-state index is 12.3. The summed E-state index contributed by atoms with van der Waals surface area (Å²) < 4.78 is 24.6. The molecule has 1 aromatic carbocycles. The molecule has 0 aliphatic heterocycles. The summed E-state index contributed by atoms with van der Waals surface area (Å²) in [6.07, 6.45) is 15.1. The summed E-state index contributed by atoms with van der Waals surface area (Å²) >= 11 is 0. The van der Waals surface area contributed by atoms with Crippen LogP contribution in [0.5, 0.6) is 0 Å². The Labute approximate surface area is 182 Å². The van der Waals surface area contributed by atoms with Crippen LogP contribution in [0.25, 0.3) is 6.08 Å². The lowest BCUT2D eigenvalue weighted by molar-refractivity contribution is 0.156. The van der Waals surface area contributed by atoms with Gasteiger partial charge in [0.1, 0.15) is 0 Å². The highest BCUT2D eigenvalue weighted by Gasteiger charge is 2.30. The van der Waals surface area contributed by atoms with Crippen molar-refractivity contribution in [3.63, 3.8) is 0 Å². The van der Waals surface area contributed by atoms with E-state index >= 15 is 0 Å². The zero-order valence-corrected chi connectivity index (χ0v) is 19.7. The van der Waals surface area contributed by atoms with Crippen LogP contribution in [0.4, 0.5) is 8.78 Å². The highest BCUT2D eigenvalue weighted by Crippen LogP contribution is 2.42. The average molecular weight is 415 g/mol. The number of allylic oxidation sites excluding steroid dienone is 2. The molecule has 0 N–H and O–H groups in total. The van der Waals surface area contributed by atoms with E-state index in [4.69, 9.17) is 0 Å². The molecule has 0 nitrogen and oxygen atoms in total. The normalized spacial score (nSPS) is 27.4. The summed E-state index contributed by atoms with van der Waals surface area (Å²) in [5, 5.41) is 0. The lowest BCUT2D eigenvalue weighted by atomic mass is 9.69. The fourth-order valence-corrected chi connectivity index (χ4v) is 5.97. The van der Waals surface area contributed by atoms with Crippen LogP contribution in [-0.2, 0) is 0 Å². The predicted molar refractivity (Wildman–Crippen MR) is 125 cm³/mol. The maximum absolute atomic E-state index is 12.3. The van der Waals surface area contributed by atoms with Gasteiger partial charge >= 0.3 is 0 Å². The van der Waals surface area contributed by atoms with Gasteiger partial charge in [0, 0.05) is 0 Å². The first-order chi connectivity index (χ1) is 14.3. The van der Waals surface area contributed by atoms with Crippen molar-refractivity contribution >= 4 is 6.08 Å². The van der Waals surface area contributed by atoms with Crippen molar-refractivity contribution in [1.29, 1.82) is 0 Å². The van der Waals surface area contributed by atoms with Crippen molar-refractivity contribution in [2.24, 2.45) is 23.7 Å². The second-order valence-electron chi connectivity index (χ2n) is 10.1.